The van der Waals surface area contributed by atoms with Gasteiger partial charge in [-0.25, -0.2) is 0 Å². The molecule has 2 N–H and O–H groups in total. The summed E-state index contributed by atoms with van der Waals surface area (Å²) in [6, 6.07) is 12.9. The predicted molar refractivity (Wildman–Crippen MR) is 88.6 cm³/mol. The highest BCUT2D eigenvalue weighted by atomic mass is 32.2. The van der Waals surface area contributed by atoms with Crippen molar-refractivity contribution >= 4 is 23.4 Å². The van der Waals surface area contributed by atoms with Gasteiger partial charge in [-0.15, -0.1) is 11.8 Å². The Morgan fingerprint density at radius 3 is 2.61 bits per heavy atom. The molecule has 0 aliphatic carbocycles. The Balaban J connectivity index is 1.97. The number of thioether (sulfide) groups is 1. The molecular weight excluding hydrogens is 316 g/mol. The molecule has 0 aliphatic heterocycles. The van der Waals surface area contributed by atoms with Gasteiger partial charge in [-0.3, -0.25) is 14.9 Å². The largest absolute Gasteiger partial charge is 0.387 e. The van der Waals surface area contributed by atoms with E-state index in [0.717, 1.165) is 4.90 Å². The number of nitrogens with one attached hydrogen (secondary N) is 1. The third-order valence-electron chi connectivity index (χ3n) is 3.28. The number of carbonyl (C=O) groups is 1. The van der Waals surface area contributed by atoms with E-state index in [1.807, 2.05) is 18.4 Å². The molecule has 2 aromatic rings. The Morgan fingerprint density at radius 2 is 2.00 bits per heavy atom. The fourth-order valence-electron chi connectivity index (χ4n) is 2.00. The number of aliphatic hydroxyl groups excluding tert-OH is 1. The maximum Gasteiger partial charge on any atom is 0.270 e. The molecule has 0 heterocycles. The molecule has 0 aromatic heterocycles. The molecule has 0 radical (unpaired) electrons. The van der Waals surface area contributed by atoms with Crippen molar-refractivity contribution in [3.05, 3.63) is 69.8 Å². The minimum absolute atomic E-state index is 0.0279. The number of benzene rings is 2. The number of aliphatic hydroxyl groups is 1. The summed E-state index contributed by atoms with van der Waals surface area (Å²) in [7, 11) is 0. The van der Waals surface area contributed by atoms with Crippen LogP contribution in [-0.4, -0.2) is 28.7 Å². The van der Waals surface area contributed by atoms with Gasteiger partial charge in [-0.05, 0) is 30.0 Å². The molecule has 0 bridgehead atoms. The average Bonchev–Trinajstić information content (AvgIpc) is 2.59. The summed E-state index contributed by atoms with van der Waals surface area (Å²) in [5.74, 6) is -0.464. The Hall–Kier alpha value is -2.38. The number of carbonyl (C=O) groups excluding carboxylic acids is 1. The fraction of sp³-hybridized carbons (Fsp3) is 0.188. The highest BCUT2D eigenvalue weighted by Crippen LogP contribution is 2.19. The number of hydrogen-bond acceptors (Lipinski definition) is 5. The second-order valence-corrected chi connectivity index (χ2v) is 5.69. The molecular formula is C16H16N2O4S. The smallest absolute Gasteiger partial charge is 0.270 e. The topological polar surface area (TPSA) is 92.5 Å². The number of nitro benzene ring substituents is 1. The highest BCUT2D eigenvalue weighted by Gasteiger charge is 2.13. The van der Waals surface area contributed by atoms with Crippen molar-refractivity contribution in [1.29, 1.82) is 0 Å². The van der Waals surface area contributed by atoms with Gasteiger partial charge < -0.3 is 10.4 Å². The van der Waals surface area contributed by atoms with Crippen molar-refractivity contribution in [1.82, 2.24) is 5.32 Å². The first-order chi connectivity index (χ1) is 11.0. The standard InChI is InChI=1S/C16H16N2O4S/c1-23-14-7-5-11(6-8-14)15(19)10-17-16(20)12-3-2-4-13(9-12)18(21)22/h2-9,15,19H,10H2,1H3,(H,17,20). The number of rotatable bonds is 6. The highest BCUT2D eigenvalue weighted by molar-refractivity contribution is 7.98. The predicted octanol–water partition coefficient (Wildman–Crippen LogP) is 2.78. The van der Waals surface area contributed by atoms with Crippen LogP contribution in [0.3, 0.4) is 0 Å². The third kappa shape index (κ3) is 4.54. The molecule has 1 unspecified atom stereocenters. The first kappa shape index (κ1) is 17.0. The van der Waals surface area contributed by atoms with Gasteiger partial charge in [0.25, 0.3) is 11.6 Å². The normalized spacial score (nSPS) is 11.7. The van der Waals surface area contributed by atoms with Crippen LogP contribution in [0.15, 0.2) is 53.4 Å². The molecule has 7 heteroatoms. The maximum absolute atomic E-state index is 12.0. The number of hydrogen-bond donors (Lipinski definition) is 2. The Kier molecular flexibility index (Phi) is 5.72. The van der Waals surface area contributed by atoms with Gasteiger partial charge in [-0.2, -0.15) is 0 Å². The van der Waals surface area contributed by atoms with Crippen molar-refractivity contribution in [2.45, 2.75) is 11.0 Å². The van der Waals surface area contributed by atoms with Crippen LogP contribution in [0, 0.1) is 10.1 Å². The third-order valence-corrected chi connectivity index (χ3v) is 4.02. The Morgan fingerprint density at radius 1 is 1.30 bits per heavy atom. The van der Waals surface area contributed by atoms with Crippen molar-refractivity contribution in [3.8, 4) is 0 Å². The van der Waals surface area contributed by atoms with E-state index in [2.05, 4.69) is 5.32 Å². The maximum atomic E-state index is 12.0. The van der Waals surface area contributed by atoms with E-state index < -0.39 is 16.9 Å². The van der Waals surface area contributed by atoms with Crippen molar-refractivity contribution < 1.29 is 14.8 Å². The summed E-state index contributed by atoms with van der Waals surface area (Å²) in [6.45, 7) is 0.0279. The number of non-ortho nitro benzene ring substituents is 1. The molecule has 6 nitrogen and oxygen atoms in total. The summed E-state index contributed by atoms with van der Waals surface area (Å²) in [5.41, 5.74) is 0.733. The second kappa shape index (κ2) is 7.75. The summed E-state index contributed by atoms with van der Waals surface area (Å²) >= 11 is 1.60. The van der Waals surface area contributed by atoms with Crippen LogP contribution in [0.25, 0.3) is 0 Å². The number of nitro groups is 1. The van der Waals surface area contributed by atoms with E-state index in [1.54, 1.807) is 23.9 Å². The molecule has 2 rings (SSSR count). The Bertz CT molecular complexity index is 703. The monoisotopic (exact) mass is 332 g/mol. The molecule has 120 valence electrons. The SMILES string of the molecule is CSc1ccc(C(O)CNC(=O)c2cccc([N+](=O)[O-])c2)cc1. The van der Waals surface area contributed by atoms with E-state index in [0.29, 0.717) is 5.56 Å². The lowest BCUT2D eigenvalue weighted by Crippen LogP contribution is -2.28. The average molecular weight is 332 g/mol. The summed E-state index contributed by atoms with van der Waals surface area (Å²) in [6.07, 6.45) is 1.12. The quantitative estimate of drug-likeness (QED) is 0.482. The molecule has 1 atom stereocenters. The number of amides is 1. The van der Waals surface area contributed by atoms with Gasteiger partial charge in [0.05, 0.1) is 11.0 Å². The molecule has 0 saturated heterocycles. The summed E-state index contributed by atoms with van der Waals surface area (Å²) < 4.78 is 0. The van der Waals surface area contributed by atoms with E-state index in [9.17, 15) is 20.0 Å². The summed E-state index contributed by atoms with van der Waals surface area (Å²) in [5, 5.41) is 23.4. The summed E-state index contributed by atoms with van der Waals surface area (Å²) in [4.78, 5) is 23.2. The zero-order chi connectivity index (χ0) is 16.8. The fourth-order valence-corrected chi connectivity index (χ4v) is 2.40. The van der Waals surface area contributed by atoms with Gasteiger partial charge >= 0.3 is 0 Å². The first-order valence-corrected chi connectivity index (χ1v) is 8.08. The van der Waals surface area contributed by atoms with E-state index in [1.165, 1.54) is 24.3 Å². The molecule has 0 fully saturated rings. The zero-order valence-electron chi connectivity index (χ0n) is 12.4. The molecule has 23 heavy (non-hydrogen) atoms. The van der Waals surface area contributed by atoms with Gasteiger partial charge in [-0.1, -0.05) is 18.2 Å². The van der Waals surface area contributed by atoms with Crippen molar-refractivity contribution in [2.75, 3.05) is 12.8 Å². The van der Waals surface area contributed by atoms with Crippen molar-refractivity contribution in [2.24, 2.45) is 0 Å². The molecule has 0 saturated carbocycles. The minimum Gasteiger partial charge on any atom is -0.387 e. The molecule has 0 spiro atoms. The van der Waals surface area contributed by atoms with Gasteiger partial charge in [0, 0.05) is 29.1 Å². The van der Waals surface area contributed by atoms with Gasteiger partial charge in [0.1, 0.15) is 0 Å². The lowest BCUT2D eigenvalue weighted by Gasteiger charge is -2.12. The van der Waals surface area contributed by atoms with Crippen LogP contribution in [0.4, 0.5) is 5.69 Å². The van der Waals surface area contributed by atoms with E-state index in [-0.39, 0.29) is 17.8 Å². The minimum atomic E-state index is -0.839. The second-order valence-electron chi connectivity index (χ2n) is 4.81. The van der Waals surface area contributed by atoms with Crippen LogP contribution in [-0.2, 0) is 0 Å². The first-order valence-electron chi connectivity index (χ1n) is 6.86. The zero-order valence-corrected chi connectivity index (χ0v) is 13.2. The number of nitrogens with zero attached hydrogens (tertiary/aromatic N) is 1. The van der Waals surface area contributed by atoms with E-state index in [4.69, 9.17) is 0 Å². The van der Waals surface area contributed by atoms with Crippen LogP contribution >= 0.6 is 11.8 Å². The van der Waals surface area contributed by atoms with Crippen LogP contribution in [0.5, 0.6) is 0 Å². The van der Waals surface area contributed by atoms with Crippen LogP contribution < -0.4 is 5.32 Å². The lowest BCUT2D eigenvalue weighted by atomic mass is 10.1. The van der Waals surface area contributed by atoms with Gasteiger partial charge in [0.2, 0.25) is 0 Å². The molecule has 0 aliphatic rings. The van der Waals surface area contributed by atoms with Gasteiger partial charge in [0.15, 0.2) is 0 Å². The molecule has 2 aromatic carbocycles. The van der Waals surface area contributed by atoms with Crippen LogP contribution in [0.1, 0.15) is 22.0 Å². The van der Waals surface area contributed by atoms with Crippen LogP contribution in [0.2, 0.25) is 0 Å². The van der Waals surface area contributed by atoms with E-state index >= 15 is 0 Å². The van der Waals surface area contributed by atoms with Crippen molar-refractivity contribution in [3.63, 3.8) is 0 Å². The molecule has 1 amide bonds. The Labute approximate surface area is 137 Å². The lowest BCUT2D eigenvalue weighted by molar-refractivity contribution is -0.384.